The SMILES string of the molecule is O=C(Nc1nc2c(s1)CN(Cc1ccccc1)CC2)c1ccc2c(c1)OCO2. The summed E-state index contributed by atoms with van der Waals surface area (Å²) < 4.78 is 10.6. The number of anilines is 1. The van der Waals surface area contributed by atoms with Crippen LogP contribution in [0.5, 0.6) is 11.5 Å². The topological polar surface area (TPSA) is 63.7 Å². The average molecular weight is 393 g/mol. The highest BCUT2D eigenvalue weighted by atomic mass is 32.1. The highest BCUT2D eigenvalue weighted by molar-refractivity contribution is 7.15. The van der Waals surface area contributed by atoms with Crippen molar-refractivity contribution in [3.05, 3.63) is 70.2 Å². The molecule has 0 unspecified atom stereocenters. The van der Waals surface area contributed by atoms with Crippen molar-refractivity contribution in [2.75, 3.05) is 18.7 Å². The molecule has 2 aromatic carbocycles. The fourth-order valence-electron chi connectivity index (χ4n) is 3.49. The van der Waals surface area contributed by atoms with Gasteiger partial charge in [-0.25, -0.2) is 4.98 Å². The van der Waals surface area contributed by atoms with Gasteiger partial charge < -0.3 is 9.47 Å². The average Bonchev–Trinajstić information content (AvgIpc) is 3.34. The maximum Gasteiger partial charge on any atom is 0.257 e. The molecule has 28 heavy (non-hydrogen) atoms. The lowest BCUT2D eigenvalue weighted by atomic mass is 10.1. The number of nitrogens with one attached hydrogen (secondary N) is 1. The van der Waals surface area contributed by atoms with E-state index in [0.29, 0.717) is 22.2 Å². The number of hydrogen-bond donors (Lipinski definition) is 1. The first-order valence-electron chi connectivity index (χ1n) is 9.20. The van der Waals surface area contributed by atoms with Gasteiger partial charge in [-0.2, -0.15) is 0 Å². The second-order valence-corrected chi connectivity index (χ2v) is 7.94. The molecule has 0 bridgehead atoms. The third-order valence-electron chi connectivity index (χ3n) is 4.91. The Hall–Kier alpha value is -2.90. The number of benzene rings is 2. The fraction of sp³-hybridized carbons (Fsp3) is 0.238. The van der Waals surface area contributed by atoms with Crippen molar-refractivity contribution in [1.29, 1.82) is 0 Å². The van der Waals surface area contributed by atoms with E-state index in [0.717, 1.165) is 31.7 Å². The monoisotopic (exact) mass is 393 g/mol. The number of carbonyl (C=O) groups is 1. The fourth-order valence-corrected chi connectivity index (χ4v) is 4.53. The Labute approximate surface area is 166 Å². The minimum absolute atomic E-state index is 0.189. The van der Waals surface area contributed by atoms with Crippen molar-refractivity contribution in [3.63, 3.8) is 0 Å². The number of aromatic nitrogens is 1. The number of amides is 1. The van der Waals surface area contributed by atoms with E-state index >= 15 is 0 Å². The smallest absolute Gasteiger partial charge is 0.257 e. The van der Waals surface area contributed by atoms with Crippen LogP contribution in [0.2, 0.25) is 0 Å². The van der Waals surface area contributed by atoms with E-state index in [4.69, 9.17) is 9.47 Å². The van der Waals surface area contributed by atoms with Gasteiger partial charge >= 0.3 is 0 Å². The second-order valence-electron chi connectivity index (χ2n) is 6.86. The van der Waals surface area contributed by atoms with Gasteiger partial charge in [-0.1, -0.05) is 30.3 Å². The van der Waals surface area contributed by atoms with Gasteiger partial charge in [-0.3, -0.25) is 15.0 Å². The molecule has 6 nitrogen and oxygen atoms in total. The number of nitrogens with zero attached hydrogens (tertiary/aromatic N) is 2. The molecule has 7 heteroatoms. The first-order valence-corrected chi connectivity index (χ1v) is 10.0. The largest absolute Gasteiger partial charge is 0.454 e. The molecule has 3 aromatic rings. The van der Waals surface area contributed by atoms with Crippen molar-refractivity contribution in [3.8, 4) is 11.5 Å². The number of carbonyl (C=O) groups excluding carboxylic acids is 1. The van der Waals surface area contributed by atoms with Crippen molar-refractivity contribution in [2.45, 2.75) is 19.5 Å². The van der Waals surface area contributed by atoms with Crippen molar-refractivity contribution in [2.24, 2.45) is 0 Å². The Kier molecular flexibility index (Phi) is 4.46. The lowest BCUT2D eigenvalue weighted by molar-refractivity contribution is 0.102. The Balaban J connectivity index is 1.26. The Morgan fingerprint density at radius 3 is 2.89 bits per heavy atom. The van der Waals surface area contributed by atoms with E-state index in [1.807, 2.05) is 6.07 Å². The molecule has 0 saturated heterocycles. The quantitative estimate of drug-likeness (QED) is 0.733. The van der Waals surface area contributed by atoms with Crippen LogP contribution in [0.25, 0.3) is 0 Å². The molecule has 5 rings (SSSR count). The minimum atomic E-state index is -0.189. The molecular formula is C21H19N3O3S. The predicted octanol–water partition coefficient (Wildman–Crippen LogP) is 3.68. The number of ether oxygens (including phenoxy) is 2. The molecule has 0 aliphatic carbocycles. The van der Waals surface area contributed by atoms with E-state index in [1.165, 1.54) is 10.4 Å². The van der Waals surface area contributed by atoms with Crippen LogP contribution in [0.1, 0.15) is 26.5 Å². The molecule has 1 amide bonds. The normalized spacial score (nSPS) is 15.3. The van der Waals surface area contributed by atoms with Crippen LogP contribution in [0.15, 0.2) is 48.5 Å². The summed E-state index contributed by atoms with van der Waals surface area (Å²) >= 11 is 1.56. The van der Waals surface area contributed by atoms with E-state index < -0.39 is 0 Å². The molecule has 0 atom stereocenters. The van der Waals surface area contributed by atoms with Crippen LogP contribution in [-0.4, -0.2) is 29.1 Å². The second kappa shape index (κ2) is 7.26. The third-order valence-corrected chi connectivity index (χ3v) is 5.91. The zero-order valence-electron chi connectivity index (χ0n) is 15.2. The lowest BCUT2D eigenvalue weighted by Crippen LogP contribution is -2.29. The summed E-state index contributed by atoms with van der Waals surface area (Å²) in [6.45, 7) is 2.96. The van der Waals surface area contributed by atoms with Crippen LogP contribution in [0.3, 0.4) is 0 Å². The Morgan fingerprint density at radius 2 is 2.00 bits per heavy atom. The van der Waals surface area contributed by atoms with Crippen LogP contribution in [0.4, 0.5) is 5.13 Å². The summed E-state index contributed by atoms with van der Waals surface area (Å²) in [5.41, 5.74) is 2.94. The maximum absolute atomic E-state index is 12.6. The molecule has 2 aliphatic heterocycles. The summed E-state index contributed by atoms with van der Waals surface area (Å²) in [6.07, 6.45) is 0.901. The number of thiazole rings is 1. The van der Waals surface area contributed by atoms with Crippen LogP contribution < -0.4 is 14.8 Å². The van der Waals surface area contributed by atoms with Crippen molar-refractivity contribution >= 4 is 22.4 Å². The Morgan fingerprint density at radius 1 is 1.14 bits per heavy atom. The Bertz CT molecular complexity index is 1020. The van der Waals surface area contributed by atoms with Gasteiger partial charge in [0.1, 0.15) is 0 Å². The summed E-state index contributed by atoms with van der Waals surface area (Å²) in [5.74, 6) is 1.08. The lowest BCUT2D eigenvalue weighted by Gasteiger charge is -2.25. The molecule has 0 fully saturated rings. The van der Waals surface area contributed by atoms with Crippen LogP contribution in [-0.2, 0) is 19.5 Å². The number of rotatable bonds is 4. The van der Waals surface area contributed by atoms with Crippen molar-refractivity contribution < 1.29 is 14.3 Å². The van der Waals surface area contributed by atoms with Gasteiger partial charge in [0.15, 0.2) is 16.6 Å². The van der Waals surface area contributed by atoms with Gasteiger partial charge in [-0.05, 0) is 23.8 Å². The standard InChI is InChI=1S/C21H19N3O3S/c25-20(15-6-7-17-18(10-15)27-13-26-17)23-21-22-16-8-9-24(12-19(16)28-21)11-14-4-2-1-3-5-14/h1-7,10H,8-9,11-13H2,(H,22,23,25). The van der Waals surface area contributed by atoms with Gasteiger partial charge in [0.2, 0.25) is 6.79 Å². The zero-order chi connectivity index (χ0) is 18.9. The maximum atomic E-state index is 12.6. The molecule has 2 aliphatic rings. The van der Waals surface area contributed by atoms with Gasteiger partial charge in [0.05, 0.1) is 5.69 Å². The molecular weight excluding hydrogens is 374 g/mol. The first-order chi connectivity index (χ1) is 13.7. The van der Waals surface area contributed by atoms with E-state index in [1.54, 1.807) is 29.5 Å². The molecule has 1 N–H and O–H groups in total. The van der Waals surface area contributed by atoms with E-state index in [9.17, 15) is 4.79 Å². The number of hydrogen-bond acceptors (Lipinski definition) is 6. The van der Waals surface area contributed by atoms with E-state index in [-0.39, 0.29) is 12.7 Å². The molecule has 0 radical (unpaired) electrons. The summed E-state index contributed by atoms with van der Waals surface area (Å²) in [7, 11) is 0. The highest BCUT2D eigenvalue weighted by Crippen LogP contribution is 2.33. The predicted molar refractivity (Wildman–Crippen MR) is 107 cm³/mol. The third kappa shape index (κ3) is 3.46. The molecule has 0 spiro atoms. The summed E-state index contributed by atoms with van der Waals surface area (Å²) in [5, 5.41) is 3.57. The summed E-state index contributed by atoms with van der Waals surface area (Å²) in [6, 6.07) is 15.7. The van der Waals surface area contributed by atoms with Crippen LogP contribution >= 0.6 is 11.3 Å². The van der Waals surface area contributed by atoms with Crippen LogP contribution in [0, 0.1) is 0 Å². The first kappa shape index (κ1) is 17.2. The van der Waals surface area contributed by atoms with E-state index in [2.05, 4.69) is 39.5 Å². The molecule has 142 valence electrons. The molecule has 1 aromatic heterocycles. The van der Waals surface area contributed by atoms with Gasteiger partial charge in [-0.15, -0.1) is 11.3 Å². The summed E-state index contributed by atoms with van der Waals surface area (Å²) in [4.78, 5) is 20.9. The minimum Gasteiger partial charge on any atom is -0.454 e. The van der Waals surface area contributed by atoms with Crippen molar-refractivity contribution in [1.82, 2.24) is 9.88 Å². The highest BCUT2D eigenvalue weighted by Gasteiger charge is 2.22. The molecule has 3 heterocycles. The zero-order valence-corrected chi connectivity index (χ0v) is 16.0. The molecule has 0 saturated carbocycles. The van der Waals surface area contributed by atoms with Gasteiger partial charge in [0.25, 0.3) is 5.91 Å². The number of fused-ring (bicyclic) bond motifs is 2. The van der Waals surface area contributed by atoms with Gasteiger partial charge in [0, 0.05) is 36.5 Å².